The van der Waals surface area contributed by atoms with Crippen LogP contribution in [0.2, 0.25) is 0 Å². The Hall–Kier alpha value is -7.23. The molecular formula is C52H33N3. The van der Waals surface area contributed by atoms with Crippen molar-refractivity contribution < 1.29 is 0 Å². The summed E-state index contributed by atoms with van der Waals surface area (Å²) in [5.74, 6) is 1.94. The fraction of sp³-hybridized carbons (Fsp3) is 0.0192. The molecule has 1 aromatic heterocycles. The number of hydrogen-bond acceptors (Lipinski definition) is 3. The topological polar surface area (TPSA) is 38.7 Å². The van der Waals surface area contributed by atoms with Crippen molar-refractivity contribution in [2.24, 2.45) is 0 Å². The Labute approximate surface area is 319 Å². The highest BCUT2D eigenvalue weighted by atomic mass is 15.0. The highest BCUT2D eigenvalue weighted by Gasteiger charge is 2.47. The summed E-state index contributed by atoms with van der Waals surface area (Å²) in [5.41, 5.74) is 9.55. The molecular weight excluding hydrogens is 667 g/mol. The van der Waals surface area contributed by atoms with Crippen molar-refractivity contribution in [1.29, 1.82) is 0 Å². The molecule has 10 aromatic rings. The first-order valence-electron chi connectivity index (χ1n) is 18.8. The molecule has 3 nitrogen and oxygen atoms in total. The summed E-state index contributed by atoms with van der Waals surface area (Å²) in [5, 5.41) is 6.96. The van der Waals surface area contributed by atoms with Gasteiger partial charge in [0.05, 0.1) is 5.41 Å². The average molecular weight is 700 g/mol. The molecule has 0 atom stereocenters. The maximum absolute atomic E-state index is 5.55. The molecule has 1 heterocycles. The Morgan fingerprint density at radius 1 is 0.327 bits per heavy atom. The zero-order valence-electron chi connectivity index (χ0n) is 29.9. The predicted molar refractivity (Wildman–Crippen MR) is 226 cm³/mol. The van der Waals surface area contributed by atoms with Gasteiger partial charge >= 0.3 is 0 Å². The van der Waals surface area contributed by atoms with E-state index < -0.39 is 5.41 Å². The van der Waals surface area contributed by atoms with Gasteiger partial charge in [0.15, 0.2) is 17.5 Å². The van der Waals surface area contributed by atoms with Crippen LogP contribution in [-0.4, -0.2) is 15.0 Å². The van der Waals surface area contributed by atoms with Crippen molar-refractivity contribution in [2.75, 3.05) is 0 Å². The van der Waals surface area contributed by atoms with Gasteiger partial charge < -0.3 is 0 Å². The Balaban J connectivity index is 1.27. The van der Waals surface area contributed by atoms with E-state index in [0.717, 1.165) is 32.8 Å². The molecule has 0 N–H and O–H groups in total. The molecule has 0 unspecified atom stereocenters. The molecule has 55 heavy (non-hydrogen) atoms. The summed E-state index contributed by atoms with van der Waals surface area (Å²) in [6.45, 7) is 0. The van der Waals surface area contributed by atoms with E-state index >= 15 is 0 Å². The molecule has 0 bridgehead atoms. The van der Waals surface area contributed by atoms with Gasteiger partial charge in [0.25, 0.3) is 0 Å². The first-order chi connectivity index (χ1) is 27.3. The van der Waals surface area contributed by atoms with Crippen LogP contribution in [0, 0.1) is 0 Å². The van der Waals surface area contributed by atoms with Crippen LogP contribution < -0.4 is 0 Å². The molecule has 0 amide bonds. The molecule has 1 aliphatic rings. The van der Waals surface area contributed by atoms with Crippen LogP contribution in [0.5, 0.6) is 0 Å². The highest BCUT2D eigenvalue weighted by Crippen LogP contribution is 2.58. The van der Waals surface area contributed by atoms with Gasteiger partial charge in [-0.15, -0.1) is 0 Å². The first kappa shape index (κ1) is 31.3. The first-order valence-corrected chi connectivity index (χ1v) is 18.8. The highest BCUT2D eigenvalue weighted by molar-refractivity contribution is 6.19. The van der Waals surface area contributed by atoms with Gasteiger partial charge in [-0.25, -0.2) is 15.0 Å². The lowest BCUT2D eigenvalue weighted by atomic mass is 9.66. The second kappa shape index (κ2) is 12.4. The quantitative estimate of drug-likeness (QED) is 0.133. The molecule has 0 aliphatic heterocycles. The molecule has 11 rings (SSSR count). The SMILES string of the molecule is c1ccc(-c2nc(-c3cccc4c3C(c3ccccc3)(c3ccccc3)c3ccccc3-4)nc(-c3c4ccccc4cc4c3ccc3ccccc34)n2)cc1. The molecule has 256 valence electrons. The minimum atomic E-state index is -0.615. The van der Waals surface area contributed by atoms with Gasteiger partial charge in [-0.2, -0.15) is 0 Å². The van der Waals surface area contributed by atoms with E-state index in [2.05, 4.69) is 182 Å². The lowest BCUT2D eigenvalue weighted by molar-refractivity contribution is 0.769. The van der Waals surface area contributed by atoms with Crippen LogP contribution in [0.3, 0.4) is 0 Å². The third kappa shape index (κ3) is 4.73. The maximum Gasteiger partial charge on any atom is 0.165 e. The average Bonchev–Trinajstić information content (AvgIpc) is 3.57. The molecule has 0 saturated heterocycles. The lowest BCUT2D eigenvalue weighted by Crippen LogP contribution is -2.29. The number of aromatic nitrogens is 3. The smallest absolute Gasteiger partial charge is 0.165 e. The van der Waals surface area contributed by atoms with Crippen molar-refractivity contribution in [3.8, 4) is 45.3 Å². The lowest BCUT2D eigenvalue weighted by Gasteiger charge is -2.35. The summed E-state index contributed by atoms with van der Waals surface area (Å²) in [7, 11) is 0. The van der Waals surface area contributed by atoms with Crippen LogP contribution in [0.1, 0.15) is 22.3 Å². The molecule has 0 saturated carbocycles. The Bertz CT molecular complexity index is 3040. The largest absolute Gasteiger partial charge is 0.208 e. The van der Waals surface area contributed by atoms with E-state index in [1.807, 2.05) is 18.2 Å². The van der Waals surface area contributed by atoms with Gasteiger partial charge in [-0.3, -0.25) is 0 Å². The summed E-state index contributed by atoms with van der Waals surface area (Å²) in [6.07, 6.45) is 0. The van der Waals surface area contributed by atoms with Crippen LogP contribution >= 0.6 is 0 Å². The summed E-state index contributed by atoms with van der Waals surface area (Å²) >= 11 is 0. The summed E-state index contributed by atoms with van der Waals surface area (Å²) in [4.78, 5) is 16.3. The zero-order chi connectivity index (χ0) is 36.3. The molecule has 0 spiro atoms. The van der Waals surface area contributed by atoms with E-state index in [0.29, 0.717) is 17.5 Å². The Morgan fingerprint density at radius 3 is 1.65 bits per heavy atom. The van der Waals surface area contributed by atoms with E-state index in [9.17, 15) is 0 Å². The summed E-state index contributed by atoms with van der Waals surface area (Å²) < 4.78 is 0. The van der Waals surface area contributed by atoms with E-state index in [-0.39, 0.29) is 0 Å². The van der Waals surface area contributed by atoms with Crippen LogP contribution in [0.25, 0.3) is 77.6 Å². The van der Waals surface area contributed by atoms with E-state index in [1.54, 1.807) is 0 Å². The second-order valence-electron chi connectivity index (χ2n) is 14.3. The normalized spacial score (nSPS) is 12.9. The monoisotopic (exact) mass is 699 g/mol. The minimum Gasteiger partial charge on any atom is -0.208 e. The molecule has 0 fully saturated rings. The summed E-state index contributed by atoms with van der Waals surface area (Å²) in [6, 6.07) is 71.5. The van der Waals surface area contributed by atoms with Crippen molar-refractivity contribution in [3.05, 3.63) is 222 Å². The fourth-order valence-electron chi connectivity index (χ4n) is 9.08. The number of fused-ring (bicyclic) bond motifs is 7. The van der Waals surface area contributed by atoms with Crippen molar-refractivity contribution in [2.45, 2.75) is 5.41 Å². The van der Waals surface area contributed by atoms with Gasteiger partial charge in [0.1, 0.15) is 0 Å². The number of nitrogens with zero attached hydrogens (tertiary/aromatic N) is 3. The van der Waals surface area contributed by atoms with Crippen molar-refractivity contribution >= 4 is 32.3 Å². The van der Waals surface area contributed by atoms with Gasteiger partial charge in [-0.1, -0.05) is 194 Å². The van der Waals surface area contributed by atoms with Crippen molar-refractivity contribution in [1.82, 2.24) is 15.0 Å². The fourth-order valence-corrected chi connectivity index (χ4v) is 9.08. The van der Waals surface area contributed by atoms with Gasteiger partial charge in [-0.05, 0) is 71.8 Å². The third-order valence-electron chi connectivity index (χ3n) is 11.4. The molecule has 0 radical (unpaired) electrons. The number of benzene rings is 9. The standard InChI is InChI=1S/C52H33N3/c1-4-18-35(19-5-1)49-53-50(55-51(54-49)47-40-26-13-11-20-36(40)33-45-39-25-12-10-17-34(39)31-32-42(45)47)44-29-16-28-43-41-27-14-15-30-46(41)52(48(43)44,37-21-6-2-7-22-37)38-23-8-3-9-24-38/h1-33H. The van der Waals surface area contributed by atoms with Gasteiger partial charge in [0.2, 0.25) is 0 Å². The van der Waals surface area contributed by atoms with Crippen LogP contribution in [-0.2, 0) is 5.41 Å². The van der Waals surface area contributed by atoms with Gasteiger partial charge in [0, 0.05) is 16.7 Å². The van der Waals surface area contributed by atoms with Crippen molar-refractivity contribution in [3.63, 3.8) is 0 Å². The van der Waals surface area contributed by atoms with Crippen LogP contribution in [0.4, 0.5) is 0 Å². The Kier molecular flexibility index (Phi) is 7.08. The molecule has 9 aromatic carbocycles. The second-order valence-corrected chi connectivity index (χ2v) is 14.3. The molecule has 3 heteroatoms. The predicted octanol–water partition coefficient (Wildman–Crippen LogP) is 12.7. The van der Waals surface area contributed by atoms with E-state index in [4.69, 9.17) is 15.0 Å². The molecule has 1 aliphatic carbocycles. The number of hydrogen-bond donors (Lipinski definition) is 0. The Morgan fingerprint density at radius 2 is 0.891 bits per heavy atom. The minimum absolute atomic E-state index is 0.615. The third-order valence-corrected chi connectivity index (χ3v) is 11.4. The zero-order valence-corrected chi connectivity index (χ0v) is 29.9. The van der Waals surface area contributed by atoms with E-state index in [1.165, 1.54) is 49.5 Å². The maximum atomic E-state index is 5.55. The van der Waals surface area contributed by atoms with Crippen LogP contribution in [0.15, 0.2) is 200 Å². The number of rotatable bonds is 5.